The first-order chi connectivity index (χ1) is 12.8. The molecule has 4 fully saturated rings. The lowest BCUT2D eigenvalue weighted by Crippen LogP contribution is -2.59. The van der Waals surface area contributed by atoms with Crippen LogP contribution in [-0.4, -0.2) is 22.1 Å². The van der Waals surface area contributed by atoms with Crippen molar-refractivity contribution in [1.82, 2.24) is 0 Å². The van der Waals surface area contributed by atoms with Gasteiger partial charge in [0.25, 0.3) is 0 Å². The molecule has 0 aliphatic heterocycles. The van der Waals surface area contributed by atoms with E-state index in [1.165, 1.54) is 11.1 Å². The van der Waals surface area contributed by atoms with Crippen LogP contribution >= 0.6 is 12.0 Å². The summed E-state index contributed by atoms with van der Waals surface area (Å²) in [5.41, 5.74) is 1.40. The van der Waals surface area contributed by atoms with Gasteiger partial charge < -0.3 is 4.74 Å². The number of alkyl halides is 2. The maximum Gasteiger partial charge on any atom is 0.415 e. The molecule has 2 unspecified atom stereocenters. The smallest absolute Gasteiger partial charge is 0.415 e. The molecule has 1 N–H and O–H groups in total. The summed E-state index contributed by atoms with van der Waals surface area (Å²) < 4.78 is 37.1. The van der Waals surface area contributed by atoms with E-state index in [9.17, 15) is 13.6 Å². The highest BCUT2D eigenvalue weighted by atomic mass is 32.2. The molecule has 4 saturated carbocycles. The van der Waals surface area contributed by atoms with Crippen molar-refractivity contribution < 1.29 is 32.9 Å². The molecule has 0 radical (unpaired) electrons. The molecule has 0 spiro atoms. The Morgan fingerprint density at radius 2 is 1.81 bits per heavy atom. The number of benzene rings is 1. The number of carbonyl (C=O) groups excluding carboxylic acids is 1. The maximum atomic E-state index is 13.9. The van der Waals surface area contributed by atoms with Crippen LogP contribution in [-0.2, 0) is 24.3 Å². The fraction of sp³-hybridized carbons (Fsp3) is 0.632. The van der Waals surface area contributed by atoms with Gasteiger partial charge in [-0.1, -0.05) is 34.9 Å². The largest absolute Gasteiger partial charge is 0.454 e. The predicted molar refractivity (Wildman–Crippen MR) is 93.7 cm³/mol. The van der Waals surface area contributed by atoms with Crippen molar-refractivity contribution in [3.63, 3.8) is 0 Å². The Kier molecular flexibility index (Phi) is 4.73. The van der Waals surface area contributed by atoms with Gasteiger partial charge in [0.2, 0.25) is 0 Å². The summed E-state index contributed by atoms with van der Waals surface area (Å²) in [6.07, 6.45) is 4.91. The minimum absolute atomic E-state index is 0.120. The van der Waals surface area contributed by atoms with E-state index in [1.807, 2.05) is 6.92 Å². The van der Waals surface area contributed by atoms with Gasteiger partial charge in [0.1, 0.15) is 17.6 Å². The number of hydrogen-bond donors (Lipinski definition) is 1. The van der Waals surface area contributed by atoms with E-state index in [-0.39, 0.29) is 5.41 Å². The number of ether oxygens (including phenoxy) is 1. The van der Waals surface area contributed by atoms with Crippen molar-refractivity contribution in [3.8, 4) is 0 Å². The summed E-state index contributed by atoms with van der Waals surface area (Å²) in [4.78, 5) is 12.1. The number of carbonyl (C=O) groups is 1. The molecule has 4 aliphatic carbocycles. The third kappa shape index (κ3) is 3.48. The van der Waals surface area contributed by atoms with Crippen LogP contribution in [0.3, 0.4) is 0 Å². The van der Waals surface area contributed by atoms with Gasteiger partial charge in [-0.15, -0.1) is 4.33 Å². The molecular weight excluding hydrogens is 378 g/mol. The molecule has 1 aromatic carbocycles. The number of rotatable bonds is 6. The standard InChI is InChI=1S/C19H22F2O5S/c1-12-2-4-15(5-3-12)17-7-13-6-14(8-17)10-18(9-13,11-17)24-16(22)19(20,21)27-26-25-23/h2-5,13-14,23H,6-11H2,1H3. The van der Waals surface area contributed by atoms with E-state index >= 15 is 0 Å². The zero-order chi connectivity index (χ0) is 19.3. The molecule has 0 saturated heterocycles. The summed E-state index contributed by atoms with van der Waals surface area (Å²) >= 11 is -0.568. The minimum Gasteiger partial charge on any atom is -0.454 e. The molecule has 4 bridgehead atoms. The van der Waals surface area contributed by atoms with Gasteiger partial charge in [0.05, 0.1) is 0 Å². The van der Waals surface area contributed by atoms with Gasteiger partial charge in [0.15, 0.2) is 0 Å². The summed E-state index contributed by atoms with van der Waals surface area (Å²) in [6, 6.07) is 8.39. The Morgan fingerprint density at radius 1 is 1.19 bits per heavy atom. The average molecular weight is 400 g/mol. The van der Waals surface area contributed by atoms with Crippen molar-refractivity contribution >= 4 is 18.0 Å². The van der Waals surface area contributed by atoms with Crippen LogP contribution in [0.1, 0.15) is 49.7 Å². The van der Waals surface area contributed by atoms with E-state index in [4.69, 9.17) is 9.99 Å². The third-order valence-electron chi connectivity index (χ3n) is 6.39. The zero-order valence-corrected chi connectivity index (χ0v) is 15.8. The predicted octanol–water partition coefficient (Wildman–Crippen LogP) is 4.79. The van der Waals surface area contributed by atoms with Crippen LogP contribution in [0.25, 0.3) is 0 Å². The van der Waals surface area contributed by atoms with Crippen molar-refractivity contribution in [2.45, 2.75) is 61.7 Å². The van der Waals surface area contributed by atoms with Gasteiger partial charge in [-0.05, 0) is 68.3 Å². The van der Waals surface area contributed by atoms with Gasteiger partial charge in [0, 0.05) is 0 Å². The van der Waals surface area contributed by atoms with Gasteiger partial charge in [-0.25, -0.2) is 10.1 Å². The monoisotopic (exact) mass is 400 g/mol. The second kappa shape index (κ2) is 6.69. The summed E-state index contributed by atoms with van der Waals surface area (Å²) in [5.74, 6) is -0.900. The Labute approximate surface area is 160 Å². The Balaban J connectivity index is 1.58. The number of esters is 1. The fourth-order valence-corrected chi connectivity index (χ4v) is 6.12. The SMILES string of the molecule is Cc1ccc(C23CC4CC(CC(OC(=O)C(F)(F)SOOO)(C4)C2)C3)cc1. The lowest BCUT2D eigenvalue weighted by Gasteiger charge is -2.61. The zero-order valence-electron chi connectivity index (χ0n) is 15.0. The second-order valence-corrected chi connectivity index (χ2v) is 9.24. The van der Waals surface area contributed by atoms with Crippen LogP contribution in [0.15, 0.2) is 24.3 Å². The van der Waals surface area contributed by atoms with Crippen LogP contribution in [0.5, 0.6) is 0 Å². The molecule has 2 atom stereocenters. The molecule has 5 nitrogen and oxygen atoms in total. The summed E-state index contributed by atoms with van der Waals surface area (Å²) in [5, 5.41) is 7.29. The first-order valence-electron chi connectivity index (χ1n) is 9.10. The number of hydrogen-bond acceptors (Lipinski definition) is 6. The molecule has 148 valence electrons. The molecule has 5 rings (SSSR count). The second-order valence-electron chi connectivity index (χ2n) is 8.42. The molecule has 0 heterocycles. The van der Waals surface area contributed by atoms with E-state index in [0.717, 1.165) is 19.3 Å². The first-order valence-corrected chi connectivity index (χ1v) is 9.84. The molecule has 8 heteroatoms. The lowest BCUT2D eigenvalue weighted by molar-refractivity contribution is -0.433. The lowest BCUT2D eigenvalue weighted by atomic mass is 9.46. The van der Waals surface area contributed by atoms with Crippen LogP contribution in [0, 0.1) is 18.8 Å². The van der Waals surface area contributed by atoms with Crippen LogP contribution < -0.4 is 0 Å². The molecule has 27 heavy (non-hydrogen) atoms. The van der Waals surface area contributed by atoms with Gasteiger partial charge >= 0.3 is 11.2 Å². The van der Waals surface area contributed by atoms with E-state index in [1.54, 1.807) is 0 Å². The first kappa shape index (κ1) is 19.1. The van der Waals surface area contributed by atoms with E-state index < -0.39 is 28.9 Å². The van der Waals surface area contributed by atoms with Crippen molar-refractivity contribution in [3.05, 3.63) is 35.4 Å². The Morgan fingerprint density at radius 3 is 2.41 bits per heavy atom. The highest BCUT2D eigenvalue weighted by Crippen LogP contribution is 2.63. The normalized spacial score (nSPS) is 34.7. The van der Waals surface area contributed by atoms with Crippen LogP contribution in [0.2, 0.25) is 0 Å². The number of aryl methyl sites for hydroxylation is 1. The summed E-state index contributed by atoms with van der Waals surface area (Å²) in [6.45, 7) is 2.03. The minimum atomic E-state index is -3.96. The quantitative estimate of drug-likeness (QED) is 0.321. The summed E-state index contributed by atoms with van der Waals surface area (Å²) in [7, 11) is 0. The Hall–Kier alpha value is -1.22. The average Bonchev–Trinajstić information content (AvgIpc) is 2.59. The van der Waals surface area contributed by atoms with Gasteiger partial charge in [-0.3, -0.25) is 0 Å². The van der Waals surface area contributed by atoms with Crippen LogP contribution in [0.4, 0.5) is 8.78 Å². The van der Waals surface area contributed by atoms with Gasteiger partial charge in [-0.2, -0.15) is 8.78 Å². The molecule has 0 aromatic heterocycles. The highest BCUT2D eigenvalue weighted by molar-refractivity contribution is 7.96. The molecule has 0 amide bonds. The molecular formula is C19H22F2O5S. The number of halogens is 2. The highest BCUT2D eigenvalue weighted by Gasteiger charge is 2.61. The molecule has 4 aliphatic rings. The fourth-order valence-electron chi connectivity index (χ4n) is 5.89. The van der Waals surface area contributed by atoms with Crippen molar-refractivity contribution in [2.24, 2.45) is 11.8 Å². The third-order valence-corrected chi connectivity index (χ3v) is 6.89. The Bertz CT molecular complexity index is 709. The topological polar surface area (TPSA) is 65.0 Å². The van der Waals surface area contributed by atoms with Crippen molar-refractivity contribution in [2.75, 3.05) is 0 Å². The maximum absolute atomic E-state index is 13.9. The van der Waals surface area contributed by atoms with E-state index in [0.29, 0.717) is 31.1 Å². The van der Waals surface area contributed by atoms with E-state index in [2.05, 4.69) is 33.6 Å². The molecule has 1 aromatic rings. The van der Waals surface area contributed by atoms with Crippen molar-refractivity contribution in [1.29, 1.82) is 0 Å².